The van der Waals surface area contributed by atoms with E-state index in [0.717, 1.165) is 22.6 Å². The van der Waals surface area contributed by atoms with Crippen LogP contribution < -0.4 is 10.6 Å². The minimum absolute atomic E-state index is 0.173. The predicted molar refractivity (Wildman–Crippen MR) is 86.8 cm³/mol. The number of rotatable bonds is 4. The smallest absolute Gasteiger partial charge is 0.313 e. The Kier molecular flexibility index (Phi) is 4.44. The van der Waals surface area contributed by atoms with Crippen LogP contribution in [0.15, 0.2) is 64.4 Å². The van der Waals surface area contributed by atoms with Gasteiger partial charge in [0.2, 0.25) is 0 Å². The molecule has 0 saturated heterocycles. The lowest BCUT2D eigenvalue weighted by atomic mass is 10.3. The van der Waals surface area contributed by atoms with E-state index in [4.69, 9.17) is 0 Å². The SMILES string of the molecule is O=C(Nc1ccccc1Sc1ccccc1)C(=O)NC1CC1. The zero-order valence-corrected chi connectivity index (χ0v) is 12.7. The second-order valence-electron chi connectivity index (χ2n) is 5.11. The molecular weight excluding hydrogens is 296 g/mol. The van der Waals surface area contributed by atoms with E-state index in [0.29, 0.717) is 5.69 Å². The van der Waals surface area contributed by atoms with Crippen LogP contribution in [0.5, 0.6) is 0 Å². The number of carbonyl (C=O) groups is 2. The van der Waals surface area contributed by atoms with Crippen LogP contribution >= 0.6 is 11.8 Å². The van der Waals surface area contributed by atoms with E-state index in [2.05, 4.69) is 10.6 Å². The fraction of sp³-hybridized carbons (Fsp3) is 0.176. The van der Waals surface area contributed by atoms with E-state index in [-0.39, 0.29) is 6.04 Å². The minimum Gasteiger partial charge on any atom is -0.345 e. The van der Waals surface area contributed by atoms with Crippen molar-refractivity contribution in [2.24, 2.45) is 0 Å². The third-order valence-electron chi connectivity index (χ3n) is 3.23. The molecule has 2 aromatic rings. The monoisotopic (exact) mass is 312 g/mol. The lowest BCUT2D eigenvalue weighted by molar-refractivity contribution is -0.136. The summed E-state index contributed by atoms with van der Waals surface area (Å²) in [4.78, 5) is 25.7. The summed E-state index contributed by atoms with van der Waals surface area (Å²) in [5.41, 5.74) is 0.646. The van der Waals surface area contributed by atoms with Gasteiger partial charge in [0, 0.05) is 15.8 Å². The van der Waals surface area contributed by atoms with Gasteiger partial charge in [0.15, 0.2) is 0 Å². The van der Waals surface area contributed by atoms with Gasteiger partial charge >= 0.3 is 11.8 Å². The molecule has 2 amide bonds. The molecule has 0 radical (unpaired) electrons. The average Bonchev–Trinajstić information content (AvgIpc) is 3.34. The second-order valence-corrected chi connectivity index (χ2v) is 6.23. The summed E-state index contributed by atoms with van der Waals surface area (Å²) in [6, 6.07) is 17.5. The number of benzene rings is 2. The van der Waals surface area contributed by atoms with Crippen molar-refractivity contribution in [1.82, 2.24) is 5.32 Å². The van der Waals surface area contributed by atoms with E-state index in [1.807, 2.05) is 48.5 Å². The van der Waals surface area contributed by atoms with Gasteiger partial charge in [-0.25, -0.2) is 0 Å². The number of hydrogen-bond acceptors (Lipinski definition) is 3. The maximum absolute atomic E-state index is 11.9. The molecule has 22 heavy (non-hydrogen) atoms. The largest absolute Gasteiger partial charge is 0.345 e. The minimum atomic E-state index is -0.618. The maximum atomic E-state index is 11.9. The molecule has 2 N–H and O–H groups in total. The fourth-order valence-corrected chi connectivity index (χ4v) is 2.85. The molecule has 0 heterocycles. The van der Waals surface area contributed by atoms with Crippen LogP contribution in [0.25, 0.3) is 0 Å². The quantitative estimate of drug-likeness (QED) is 0.853. The maximum Gasteiger partial charge on any atom is 0.313 e. The molecule has 0 atom stereocenters. The van der Waals surface area contributed by atoms with Gasteiger partial charge in [0.1, 0.15) is 0 Å². The molecular formula is C17H16N2O2S. The number of para-hydroxylation sites is 1. The molecule has 1 aliphatic rings. The van der Waals surface area contributed by atoms with Crippen molar-refractivity contribution in [2.75, 3.05) is 5.32 Å². The Morgan fingerprint density at radius 3 is 2.32 bits per heavy atom. The first-order valence-electron chi connectivity index (χ1n) is 7.16. The molecule has 4 nitrogen and oxygen atoms in total. The van der Waals surface area contributed by atoms with E-state index in [1.54, 1.807) is 17.8 Å². The second kappa shape index (κ2) is 6.66. The molecule has 3 rings (SSSR count). The number of anilines is 1. The summed E-state index contributed by atoms with van der Waals surface area (Å²) in [7, 11) is 0. The molecule has 112 valence electrons. The third kappa shape index (κ3) is 3.89. The number of nitrogens with one attached hydrogen (secondary N) is 2. The van der Waals surface area contributed by atoms with Gasteiger partial charge in [-0.2, -0.15) is 0 Å². The summed E-state index contributed by atoms with van der Waals surface area (Å²) in [5.74, 6) is -1.19. The summed E-state index contributed by atoms with van der Waals surface area (Å²) in [6.45, 7) is 0. The van der Waals surface area contributed by atoms with Crippen LogP contribution in [0.3, 0.4) is 0 Å². The Hall–Kier alpha value is -2.27. The Morgan fingerprint density at radius 2 is 1.59 bits per heavy atom. The lowest BCUT2D eigenvalue weighted by Crippen LogP contribution is -2.36. The average molecular weight is 312 g/mol. The first-order chi connectivity index (χ1) is 10.7. The van der Waals surface area contributed by atoms with Crippen LogP contribution in [0.1, 0.15) is 12.8 Å². The highest BCUT2D eigenvalue weighted by Crippen LogP contribution is 2.33. The molecule has 2 aromatic carbocycles. The van der Waals surface area contributed by atoms with Gasteiger partial charge in [0.25, 0.3) is 0 Å². The molecule has 5 heteroatoms. The van der Waals surface area contributed by atoms with Crippen molar-refractivity contribution >= 4 is 29.3 Å². The van der Waals surface area contributed by atoms with Crippen LogP contribution in [-0.2, 0) is 9.59 Å². The van der Waals surface area contributed by atoms with Gasteiger partial charge in [-0.3, -0.25) is 9.59 Å². The summed E-state index contributed by atoms with van der Waals surface area (Å²) >= 11 is 1.55. The van der Waals surface area contributed by atoms with Crippen LogP contribution in [0.2, 0.25) is 0 Å². The first-order valence-corrected chi connectivity index (χ1v) is 7.98. The highest BCUT2D eigenvalue weighted by Gasteiger charge is 2.26. The van der Waals surface area contributed by atoms with E-state index in [1.165, 1.54) is 0 Å². The van der Waals surface area contributed by atoms with Crippen molar-refractivity contribution in [3.8, 4) is 0 Å². The zero-order chi connectivity index (χ0) is 15.4. The van der Waals surface area contributed by atoms with Gasteiger partial charge in [-0.15, -0.1) is 0 Å². The van der Waals surface area contributed by atoms with Crippen molar-refractivity contribution in [3.63, 3.8) is 0 Å². The van der Waals surface area contributed by atoms with Crippen molar-refractivity contribution < 1.29 is 9.59 Å². The molecule has 0 unspecified atom stereocenters. The summed E-state index contributed by atoms with van der Waals surface area (Å²) < 4.78 is 0. The molecule has 0 bridgehead atoms. The summed E-state index contributed by atoms with van der Waals surface area (Å²) in [5, 5.41) is 5.38. The van der Waals surface area contributed by atoms with Gasteiger partial charge in [-0.05, 0) is 37.1 Å². The van der Waals surface area contributed by atoms with Crippen molar-refractivity contribution in [2.45, 2.75) is 28.7 Å². The molecule has 0 aromatic heterocycles. The number of carbonyl (C=O) groups excluding carboxylic acids is 2. The van der Waals surface area contributed by atoms with Crippen LogP contribution in [-0.4, -0.2) is 17.9 Å². The van der Waals surface area contributed by atoms with Crippen LogP contribution in [0.4, 0.5) is 5.69 Å². The molecule has 0 aliphatic heterocycles. The van der Waals surface area contributed by atoms with E-state index in [9.17, 15) is 9.59 Å². The molecule has 1 aliphatic carbocycles. The van der Waals surface area contributed by atoms with Gasteiger partial charge in [-0.1, -0.05) is 42.1 Å². The Balaban J connectivity index is 1.70. The van der Waals surface area contributed by atoms with E-state index < -0.39 is 11.8 Å². The van der Waals surface area contributed by atoms with E-state index >= 15 is 0 Å². The molecule has 0 spiro atoms. The number of hydrogen-bond donors (Lipinski definition) is 2. The first kappa shape index (κ1) is 14.7. The predicted octanol–water partition coefficient (Wildman–Crippen LogP) is 3.05. The van der Waals surface area contributed by atoms with Gasteiger partial charge < -0.3 is 10.6 Å². The van der Waals surface area contributed by atoms with Crippen molar-refractivity contribution in [1.29, 1.82) is 0 Å². The Bertz CT molecular complexity index is 684. The third-order valence-corrected chi connectivity index (χ3v) is 4.31. The summed E-state index contributed by atoms with van der Waals surface area (Å²) in [6.07, 6.45) is 1.92. The normalized spacial score (nSPS) is 13.5. The number of amides is 2. The zero-order valence-electron chi connectivity index (χ0n) is 11.9. The fourth-order valence-electron chi connectivity index (χ4n) is 1.93. The molecule has 1 saturated carbocycles. The highest BCUT2D eigenvalue weighted by molar-refractivity contribution is 7.99. The Morgan fingerprint density at radius 1 is 0.909 bits per heavy atom. The van der Waals surface area contributed by atoms with Crippen molar-refractivity contribution in [3.05, 3.63) is 54.6 Å². The highest BCUT2D eigenvalue weighted by atomic mass is 32.2. The standard InChI is InChI=1S/C17H16N2O2S/c20-16(18-12-10-11-12)17(21)19-14-8-4-5-9-15(14)22-13-6-2-1-3-7-13/h1-9,12H,10-11H2,(H,18,20)(H,19,21). The Labute approximate surface area is 133 Å². The molecule has 1 fully saturated rings. The lowest BCUT2D eigenvalue weighted by Gasteiger charge is -2.10. The van der Waals surface area contributed by atoms with Crippen LogP contribution in [0, 0.1) is 0 Å². The topological polar surface area (TPSA) is 58.2 Å². The van der Waals surface area contributed by atoms with Gasteiger partial charge in [0.05, 0.1) is 5.69 Å².